The third-order valence-corrected chi connectivity index (χ3v) is 2.73. The fourth-order valence-corrected chi connectivity index (χ4v) is 1.61. The Morgan fingerprint density at radius 3 is 2.56 bits per heavy atom. The average Bonchev–Trinajstić information content (AvgIpc) is 2.40. The number of aromatic nitrogens is 2. The van der Waals surface area contributed by atoms with Gasteiger partial charge in [0.15, 0.2) is 0 Å². The van der Waals surface area contributed by atoms with Crippen LogP contribution in [0.25, 0.3) is 0 Å². The number of rotatable bonds is 4. The number of nitrogens with two attached hydrogens (primary N) is 1. The molecule has 0 amide bonds. The maximum Gasteiger partial charge on any atom is 0.226 e. The Kier molecular flexibility index (Phi) is 3.89. The van der Waals surface area contributed by atoms with E-state index in [-0.39, 0.29) is 0 Å². The molecule has 4 heteroatoms. The van der Waals surface area contributed by atoms with Crippen LogP contribution in [0.1, 0.15) is 30.9 Å². The maximum atomic E-state index is 5.70. The van der Waals surface area contributed by atoms with Crippen LogP contribution in [-0.4, -0.2) is 9.97 Å². The van der Waals surface area contributed by atoms with E-state index in [1.54, 1.807) is 6.20 Å². The normalized spacial score (nSPS) is 10.7. The van der Waals surface area contributed by atoms with Gasteiger partial charge in [0.1, 0.15) is 12.1 Å². The van der Waals surface area contributed by atoms with Gasteiger partial charge in [-0.15, -0.1) is 0 Å². The van der Waals surface area contributed by atoms with Crippen molar-refractivity contribution in [1.29, 1.82) is 0 Å². The zero-order valence-corrected chi connectivity index (χ0v) is 10.6. The second kappa shape index (κ2) is 5.60. The molecule has 2 rings (SSSR count). The molecule has 1 aromatic heterocycles. The molecule has 1 heterocycles. The SMILES string of the molecule is CC(C)c1ccc(Oc2ncncc2CN)cc1. The summed E-state index contributed by atoms with van der Waals surface area (Å²) in [6.07, 6.45) is 3.13. The van der Waals surface area contributed by atoms with Crippen molar-refractivity contribution < 1.29 is 4.74 Å². The molecule has 18 heavy (non-hydrogen) atoms. The Morgan fingerprint density at radius 1 is 1.22 bits per heavy atom. The van der Waals surface area contributed by atoms with E-state index in [4.69, 9.17) is 10.5 Å². The molecule has 0 aliphatic carbocycles. The largest absolute Gasteiger partial charge is 0.439 e. The topological polar surface area (TPSA) is 61.0 Å². The summed E-state index contributed by atoms with van der Waals surface area (Å²) in [5.74, 6) is 1.79. The average molecular weight is 243 g/mol. The van der Waals surface area contributed by atoms with Gasteiger partial charge in [0.05, 0.1) is 0 Å². The van der Waals surface area contributed by atoms with Crippen molar-refractivity contribution in [3.63, 3.8) is 0 Å². The lowest BCUT2D eigenvalue weighted by Crippen LogP contribution is -2.02. The van der Waals surface area contributed by atoms with Crippen LogP contribution in [0.5, 0.6) is 11.6 Å². The van der Waals surface area contributed by atoms with E-state index in [0.29, 0.717) is 18.3 Å². The Morgan fingerprint density at radius 2 is 1.94 bits per heavy atom. The van der Waals surface area contributed by atoms with E-state index < -0.39 is 0 Å². The van der Waals surface area contributed by atoms with E-state index in [1.807, 2.05) is 12.1 Å². The first-order valence-electron chi connectivity index (χ1n) is 5.97. The molecule has 2 N–H and O–H groups in total. The standard InChI is InChI=1S/C14H17N3O/c1-10(2)11-3-5-13(6-4-11)18-14-12(7-15)8-16-9-17-14/h3-6,8-10H,7,15H2,1-2H3. The molecule has 0 fully saturated rings. The van der Waals surface area contributed by atoms with E-state index in [0.717, 1.165) is 11.3 Å². The molecule has 0 radical (unpaired) electrons. The van der Waals surface area contributed by atoms with Gasteiger partial charge in [-0.25, -0.2) is 9.97 Å². The fraction of sp³-hybridized carbons (Fsp3) is 0.286. The van der Waals surface area contributed by atoms with Gasteiger partial charge in [-0.1, -0.05) is 26.0 Å². The molecule has 0 aliphatic heterocycles. The molecular weight excluding hydrogens is 226 g/mol. The molecule has 0 spiro atoms. The molecule has 2 aromatic rings. The van der Waals surface area contributed by atoms with Crippen LogP contribution in [0.15, 0.2) is 36.8 Å². The summed E-state index contributed by atoms with van der Waals surface area (Å²) in [6.45, 7) is 4.68. The zero-order chi connectivity index (χ0) is 13.0. The van der Waals surface area contributed by atoms with E-state index >= 15 is 0 Å². The van der Waals surface area contributed by atoms with Crippen LogP contribution in [0, 0.1) is 0 Å². The third kappa shape index (κ3) is 2.84. The number of nitrogens with zero attached hydrogens (tertiary/aromatic N) is 2. The van der Waals surface area contributed by atoms with Crippen molar-refractivity contribution >= 4 is 0 Å². The summed E-state index contributed by atoms with van der Waals surface area (Å²) < 4.78 is 5.70. The van der Waals surface area contributed by atoms with Gasteiger partial charge in [0.25, 0.3) is 0 Å². The first-order valence-corrected chi connectivity index (χ1v) is 5.97. The molecular formula is C14H17N3O. The highest BCUT2D eigenvalue weighted by Gasteiger charge is 2.05. The van der Waals surface area contributed by atoms with Crippen LogP contribution in [-0.2, 0) is 6.54 Å². The molecule has 0 saturated carbocycles. The zero-order valence-electron chi connectivity index (χ0n) is 10.6. The van der Waals surface area contributed by atoms with Crippen molar-refractivity contribution in [3.05, 3.63) is 47.9 Å². The molecule has 94 valence electrons. The number of hydrogen-bond acceptors (Lipinski definition) is 4. The monoisotopic (exact) mass is 243 g/mol. The minimum absolute atomic E-state index is 0.361. The molecule has 0 unspecified atom stereocenters. The van der Waals surface area contributed by atoms with Gasteiger partial charge in [-0.2, -0.15) is 0 Å². The quantitative estimate of drug-likeness (QED) is 0.897. The van der Waals surface area contributed by atoms with Crippen LogP contribution < -0.4 is 10.5 Å². The smallest absolute Gasteiger partial charge is 0.226 e. The van der Waals surface area contributed by atoms with Crippen LogP contribution in [0.4, 0.5) is 0 Å². The highest BCUT2D eigenvalue weighted by atomic mass is 16.5. The van der Waals surface area contributed by atoms with E-state index in [1.165, 1.54) is 11.9 Å². The molecule has 4 nitrogen and oxygen atoms in total. The lowest BCUT2D eigenvalue weighted by atomic mass is 10.0. The minimum atomic E-state index is 0.361. The summed E-state index contributed by atoms with van der Waals surface area (Å²) >= 11 is 0. The van der Waals surface area contributed by atoms with Crippen molar-refractivity contribution in [1.82, 2.24) is 9.97 Å². The summed E-state index contributed by atoms with van der Waals surface area (Å²) in [6, 6.07) is 8.00. The van der Waals surface area contributed by atoms with Crippen molar-refractivity contribution in [3.8, 4) is 11.6 Å². The summed E-state index contributed by atoms with van der Waals surface area (Å²) in [4.78, 5) is 8.01. The van der Waals surface area contributed by atoms with Crippen molar-refractivity contribution in [2.75, 3.05) is 0 Å². The first kappa shape index (κ1) is 12.5. The predicted octanol–water partition coefficient (Wildman–Crippen LogP) is 2.85. The summed E-state index contributed by atoms with van der Waals surface area (Å²) in [5, 5.41) is 0. The minimum Gasteiger partial charge on any atom is -0.439 e. The molecule has 0 bridgehead atoms. The Hall–Kier alpha value is -1.94. The second-order valence-corrected chi connectivity index (χ2v) is 4.38. The molecule has 0 aliphatic rings. The van der Waals surface area contributed by atoms with Gasteiger partial charge >= 0.3 is 0 Å². The van der Waals surface area contributed by atoms with E-state index in [2.05, 4.69) is 35.9 Å². The Labute approximate surface area is 107 Å². The van der Waals surface area contributed by atoms with Crippen LogP contribution in [0.2, 0.25) is 0 Å². The number of hydrogen-bond donors (Lipinski definition) is 1. The highest BCUT2D eigenvalue weighted by Crippen LogP contribution is 2.24. The number of benzene rings is 1. The van der Waals surface area contributed by atoms with Gasteiger partial charge in [0, 0.05) is 18.3 Å². The number of ether oxygens (including phenoxy) is 1. The van der Waals surface area contributed by atoms with Crippen LogP contribution in [0.3, 0.4) is 0 Å². The molecule has 0 saturated heterocycles. The van der Waals surface area contributed by atoms with E-state index in [9.17, 15) is 0 Å². The summed E-state index contributed by atoms with van der Waals surface area (Å²) in [5.41, 5.74) is 7.69. The summed E-state index contributed by atoms with van der Waals surface area (Å²) in [7, 11) is 0. The van der Waals surface area contributed by atoms with Gasteiger partial charge in [-0.05, 0) is 23.6 Å². The third-order valence-electron chi connectivity index (χ3n) is 2.73. The van der Waals surface area contributed by atoms with Crippen molar-refractivity contribution in [2.45, 2.75) is 26.3 Å². The van der Waals surface area contributed by atoms with Crippen LogP contribution >= 0.6 is 0 Å². The van der Waals surface area contributed by atoms with Gasteiger partial charge in [-0.3, -0.25) is 0 Å². The maximum absolute atomic E-state index is 5.70. The lowest BCUT2D eigenvalue weighted by Gasteiger charge is -2.09. The fourth-order valence-electron chi connectivity index (χ4n) is 1.61. The lowest BCUT2D eigenvalue weighted by molar-refractivity contribution is 0.454. The highest BCUT2D eigenvalue weighted by molar-refractivity contribution is 5.33. The van der Waals surface area contributed by atoms with Gasteiger partial charge < -0.3 is 10.5 Å². The molecule has 1 aromatic carbocycles. The Bertz CT molecular complexity index is 509. The molecule has 0 atom stereocenters. The Balaban J connectivity index is 2.18. The predicted molar refractivity (Wildman–Crippen MR) is 70.5 cm³/mol. The van der Waals surface area contributed by atoms with Gasteiger partial charge in [0.2, 0.25) is 5.88 Å². The van der Waals surface area contributed by atoms with Crippen molar-refractivity contribution in [2.24, 2.45) is 5.73 Å². The second-order valence-electron chi connectivity index (χ2n) is 4.38. The first-order chi connectivity index (χ1) is 8.70.